The van der Waals surface area contributed by atoms with Crippen molar-refractivity contribution in [1.29, 1.82) is 0 Å². The maximum atomic E-state index is 9.32. The van der Waals surface area contributed by atoms with Crippen molar-refractivity contribution in [2.75, 3.05) is 0 Å². The van der Waals surface area contributed by atoms with Crippen molar-refractivity contribution in [3.8, 4) is 0 Å². The molecule has 0 saturated carbocycles. The molecule has 0 rings (SSSR count). The minimum atomic E-state index is -5.68. The van der Waals surface area contributed by atoms with E-state index < -0.39 is 15.6 Å². The van der Waals surface area contributed by atoms with Gasteiger partial charge in [0.25, 0.3) is 0 Å². The molecule has 32 N–H and O–H groups in total. The molecular formula is H32Na4O23P2. The Labute approximate surface area is 251 Å². The van der Waals surface area contributed by atoms with Gasteiger partial charge >= 0.3 is 118 Å². The molecule has 0 aromatic heterocycles. The minimum absolute atomic E-state index is 0. The van der Waals surface area contributed by atoms with E-state index in [0.29, 0.717) is 0 Å². The first-order valence-electron chi connectivity index (χ1n) is 1.46. The van der Waals surface area contributed by atoms with Crippen LogP contribution in [0.2, 0.25) is 0 Å². The Kier molecular flexibility index (Phi) is 894. The van der Waals surface area contributed by atoms with Gasteiger partial charge in [-0.3, -0.25) is 0 Å². The number of rotatable bonds is 2. The smallest absolute Gasteiger partial charge is 0.790 e. The summed E-state index contributed by atoms with van der Waals surface area (Å²) in [6, 6.07) is 0. The van der Waals surface area contributed by atoms with Crippen molar-refractivity contribution < 1.29 is 239 Å². The van der Waals surface area contributed by atoms with E-state index in [2.05, 4.69) is 4.31 Å². The molecule has 0 aromatic rings. The molecule has 0 spiro atoms. The fourth-order valence-electron chi connectivity index (χ4n) is 0.122. The molecule has 0 aliphatic carbocycles. The first kappa shape index (κ1) is 242. The van der Waals surface area contributed by atoms with Gasteiger partial charge in [0, 0.05) is 0 Å². The average Bonchev–Trinajstić information content (AvgIpc) is 1.14. The van der Waals surface area contributed by atoms with Gasteiger partial charge in [0.2, 0.25) is 0 Å². The monoisotopic (exact) mass is 554 g/mol. The summed E-state index contributed by atoms with van der Waals surface area (Å²) in [6.45, 7) is 0. The molecule has 0 saturated heterocycles. The summed E-state index contributed by atoms with van der Waals surface area (Å²) in [5, 5.41) is 0. The van der Waals surface area contributed by atoms with Gasteiger partial charge in [0.05, 0.1) is 15.6 Å². The van der Waals surface area contributed by atoms with Crippen LogP contribution in [0, 0.1) is 0 Å². The van der Waals surface area contributed by atoms with E-state index in [1.165, 1.54) is 0 Å². The molecule has 0 bridgehead atoms. The van der Waals surface area contributed by atoms with Crippen LogP contribution in [0.5, 0.6) is 0 Å². The first-order valence-corrected chi connectivity index (χ1v) is 4.38. The molecule has 0 atom stereocenters. The molecule has 0 amide bonds. The van der Waals surface area contributed by atoms with Crippen LogP contribution in [0.25, 0.3) is 0 Å². The third-order valence-electron chi connectivity index (χ3n) is 0.200. The second kappa shape index (κ2) is 107. The molecular weight excluding hydrogens is 522 g/mol. The van der Waals surface area contributed by atoms with E-state index in [4.69, 9.17) is 0 Å². The van der Waals surface area contributed by atoms with Crippen molar-refractivity contribution >= 4 is 15.6 Å². The Morgan fingerprint density at radius 3 is 0.414 bits per heavy atom. The SMILES string of the molecule is O.O.O.O.O.O.O.O.O.O.O.O.O.O.O.O.O=P([O-])([O-])OP(=O)([O-])[O-].[Na+].[Na+].[Na+].[Na+]. The second-order valence-electron chi connectivity index (χ2n) is 0.976. The Morgan fingerprint density at radius 2 is 0.414 bits per heavy atom. The molecule has 0 unspecified atom stereocenters. The summed E-state index contributed by atoms with van der Waals surface area (Å²) < 4.78 is 21.2. The van der Waals surface area contributed by atoms with E-state index in [1.807, 2.05) is 0 Å². The van der Waals surface area contributed by atoms with Gasteiger partial charge in [-0.05, 0) is 0 Å². The van der Waals surface area contributed by atoms with E-state index in [1.54, 1.807) is 0 Å². The van der Waals surface area contributed by atoms with Gasteiger partial charge in [0.15, 0.2) is 0 Å². The van der Waals surface area contributed by atoms with Crippen LogP contribution in [0.4, 0.5) is 0 Å². The first-order chi connectivity index (χ1) is 3.71. The molecule has 0 heterocycles. The van der Waals surface area contributed by atoms with Crippen molar-refractivity contribution in [2.45, 2.75) is 0 Å². The molecule has 184 valence electrons. The topological polar surface area (TPSA) is 640 Å². The van der Waals surface area contributed by atoms with E-state index in [-0.39, 0.29) is 206 Å². The van der Waals surface area contributed by atoms with Crippen LogP contribution in [-0.2, 0) is 13.4 Å². The standard InChI is InChI=1S/4Na.H4O7P2.16H2O/c;;;;1-8(2,3)7-9(4,5)6;;;;;;;;;;;;;;;;/h;;;;(H2,1,2,3)(H2,4,5,6);16*1H2/q4*+1;;;;;;;;;;;;;;;;;/p-4. The largest absolute Gasteiger partial charge is 1.00 e. The van der Waals surface area contributed by atoms with Gasteiger partial charge in [-0.1, -0.05) is 0 Å². The summed E-state index contributed by atoms with van der Waals surface area (Å²) >= 11 is 0. The number of phosphoric acid groups is 2. The minimum Gasteiger partial charge on any atom is -0.790 e. The molecule has 0 aliphatic rings. The quantitative estimate of drug-likeness (QED) is 0.234. The predicted molar refractivity (Wildman–Crippen MR) is 74.1 cm³/mol. The van der Waals surface area contributed by atoms with E-state index >= 15 is 0 Å². The fourth-order valence-corrected chi connectivity index (χ4v) is 1.10. The van der Waals surface area contributed by atoms with Crippen molar-refractivity contribution in [3.63, 3.8) is 0 Å². The van der Waals surface area contributed by atoms with Gasteiger partial charge in [-0.2, -0.15) is 0 Å². The van der Waals surface area contributed by atoms with E-state index in [0.717, 1.165) is 0 Å². The molecule has 0 aromatic carbocycles. The predicted octanol–water partition coefficient (Wildman–Crippen LogP) is -28.5. The fraction of sp³-hybridized carbons (Fsp3) is 0. The van der Waals surface area contributed by atoms with Crippen LogP contribution in [-0.4, -0.2) is 87.6 Å². The Hall–Kier alpha value is 3.62. The second-order valence-corrected chi connectivity index (χ2v) is 3.42. The zero-order valence-corrected chi connectivity index (χ0v) is 25.5. The summed E-state index contributed by atoms with van der Waals surface area (Å²) in [4.78, 5) is 37.3. The van der Waals surface area contributed by atoms with Crippen LogP contribution in [0.15, 0.2) is 0 Å². The zero-order chi connectivity index (χ0) is 7.71. The normalized spacial score (nSPS) is 4.28. The van der Waals surface area contributed by atoms with Gasteiger partial charge in [-0.25, -0.2) is 0 Å². The third-order valence-corrected chi connectivity index (χ3v) is 1.80. The van der Waals surface area contributed by atoms with E-state index in [9.17, 15) is 28.7 Å². The summed E-state index contributed by atoms with van der Waals surface area (Å²) in [5.74, 6) is 0. The van der Waals surface area contributed by atoms with Gasteiger partial charge in [-0.15, -0.1) is 0 Å². The number of hydrogen-bond acceptors (Lipinski definition) is 7. The molecule has 0 fully saturated rings. The van der Waals surface area contributed by atoms with Gasteiger partial charge < -0.3 is 121 Å². The van der Waals surface area contributed by atoms with Crippen molar-refractivity contribution in [3.05, 3.63) is 0 Å². The van der Waals surface area contributed by atoms with Crippen LogP contribution in [0.1, 0.15) is 0 Å². The van der Waals surface area contributed by atoms with Crippen LogP contribution < -0.4 is 138 Å². The van der Waals surface area contributed by atoms with Crippen LogP contribution in [0.3, 0.4) is 0 Å². The Bertz CT molecular complexity index is 167. The van der Waals surface area contributed by atoms with Gasteiger partial charge in [0.1, 0.15) is 0 Å². The number of hydrogen-bond donors (Lipinski definition) is 0. The molecule has 29 heavy (non-hydrogen) atoms. The molecule has 0 aliphatic heterocycles. The van der Waals surface area contributed by atoms with Crippen molar-refractivity contribution in [2.24, 2.45) is 0 Å². The van der Waals surface area contributed by atoms with Crippen LogP contribution >= 0.6 is 15.6 Å². The maximum Gasteiger partial charge on any atom is 1.00 e. The third kappa shape index (κ3) is 300. The zero-order valence-electron chi connectivity index (χ0n) is 15.8. The molecule has 23 nitrogen and oxygen atoms in total. The Morgan fingerprint density at radius 1 is 0.345 bits per heavy atom. The molecule has 0 radical (unpaired) electrons. The average molecular weight is 554 g/mol. The van der Waals surface area contributed by atoms with Crippen molar-refractivity contribution in [1.82, 2.24) is 0 Å². The maximum absolute atomic E-state index is 9.32. The summed E-state index contributed by atoms with van der Waals surface area (Å²) in [5.41, 5.74) is 0. The Balaban J connectivity index is -0.00000000168. The summed E-state index contributed by atoms with van der Waals surface area (Å²) in [7, 11) is -11.4. The summed E-state index contributed by atoms with van der Waals surface area (Å²) in [6.07, 6.45) is 0. The molecule has 29 heteroatoms.